The second-order valence-electron chi connectivity index (χ2n) is 4.83. The first-order chi connectivity index (χ1) is 10.1. The topological polar surface area (TPSA) is 106 Å². The zero-order chi connectivity index (χ0) is 15.0. The van der Waals surface area contributed by atoms with Crippen molar-refractivity contribution in [2.45, 2.75) is 19.5 Å². The van der Waals surface area contributed by atoms with Gasteiger partial charge in [-0.2, -0.15) is 5.10 Å². The fourth-order valence-electron chi connectivity index (χ4n) is 2.55. The van der Waals surface area contributed by atoms with E-state index in [4.69, 9.17) is 0 Å². The standard InChI is InChI=1S/C12H15N5O4/c1-13-11(19)21-12(20)16-4-2-8-7(6-16)9-10(18)14-3-5-17(9)15-8/h2-6H2,1H3,(H,13,19)(H,14,18). The van der Waals surface area contributed by atoms with E-state index in [0.29, 0.717) is 31.7 Å². The van der Waals surface area contributed by atoms with E-state index in [1.165, 1.54) is 11.9 Å². The molecule has 0 saturated heterocycles. The predicted octanol–water partition coefficient (Wildman–Crippen LogP) is -0.539. The lowest BCUT2D eigenvalue weighted by molar-refractivity contribution is 0.0917. The number of ether oxygens (including phenoxy) is 1. The van der Waals surface area contributed by atoms with Crippen LogP contribution in [-0.2, 0) is 24.2 Å². The maximum Gasteiger partial charge on any atom is 0.419 e. The van der Waals surface area contributed by atoms with Gasteiger partial charge in [0.25, 0.3) is 5.91 Å². The average Bonchev–Trinajstić information content (AvgIpc) is 2.85. The fourth-order valence-corrected chi connectivity index (χ4v) is 2.55. The number of hydrogen-bond donors (Lipinski definition) is 2. The molecule has 9 nitrogen and oxygen atoms in total. The Morgan fingerprint density at radius 3 is 2.95 bits per heavy atom. The van der Waals surface area contributed by atoms with E-state index in [9.17, 15) is 14.4 Å². The van der Waals surface area contributed by atoms with Crippen LogP contribution in [0, 0.1) is 0 Å². The summed E-state index contributed by atoms with van der Waals surface area (Å²) in [5.41, 5.74) is 2.05. The number of fused-ring (bicyclic) bond motifs is 3. The third-order valence-electron chi connectivity index (χ3n) is 3.57. The molecule has 3 heterocycles. The van der Waals surface area contributed by atoms with Crippen molar-refractivity contribution >= 4 is 18.1 Å². The first-order valence-electron chi connectivity index (χ1n) is 6.65. The van der Waals surface area contributed by atoms with Crippen molar-refractivity contribution in [3.63, 3.8) is 0 Å². The molecule has 2 aliphatic heterocycles. The lowest BCUT2D eigenvalue weighted by Crippen LogP contribution is -2.40. The first-order valence-corrected chi connectivity index (χ1v) is 6.65. The molecule has 0 fully saturated rings. The number of nitrogens with one attached hydrogen (secondary N) is 2. The highest BCUT2D eigenvalue weighted by Gasteiger charge is 2.32. The van der Waals surface area contributed by atoms with E-state index < -0.39 is 12.2 Å². The van der Waals surface area contributed by atoms with Gasteiger partial charge in [-0.3, -0.25) is 9.48 Å². The molecule has 0 atom stereocenters. The van der Waals surface area contributed by atoms with Crippen molar-refractivity contribution in [1.82, 2.24) is 25.3 Å². The minimum Gasteiger partial charge on any atom is -0.359 e. The molecule has 9 heteroatoms. The van der Waals surface area contributed by atoms with Crippen molar-refractivity contribution in [3.05, 3.63) is 17.0 Å². The van der Waals surface area contributed by atoms with Crippen LogP contribution in [0.5, 0.6) is 0 Å². The van der Waals surface area contributed by atoms with Gasteiger partial charge in [-0.25, -0.2) is 9.59 Å². The summed E-state index contributed by atoms with van der Waals surface area (Å²) in [4.78, 5) is 36.3. The van der Waals surface area contributed by atoms with Gasteiger partial charge in [0.05, 0.1) is 18.8 Å². The van der Waals surface area contributed by atoms with Crippen molar-refractivity contribution in [2.24, 2.45) is 0 Å². The molecule has 0 spiro atoms. The molecule has 0 aliphatic carbocycles. The quantitative estimate of drug-likeness (QED) is 0.625. The van der Waals surface area contributed by atoms with E-state index in [-0.39, 0.29) is 12.5 Å². The van der Waals surface area contributed by atoms with Crippen molar-refractivity contribution in [3.8, 4) is 0 Å². The molecule has 21 heavy (non-hydrogen) atoms. The number of nitrogens with zero attached hydrogens (tertiary/aromatic N) is 3. The number of rotatable bonds is 0. The Kier molecular flexibility index (Phi) is 3.24. The van der Waals surface area contributed by atoms with Crippen molar-refractivity contribution < 1.29 is 19.1 Å². The summed E-state index contributed by atoms with van der Waals surface area (Å²) >= 11 is 0. The molecule has 2 N–H and O–H groups in total. The summed E-state index contributed by atoms with van der Waals surface area (Å²) in [5, 5.41) is 9.39. The zero-order valence-electron chi connectivity index (χ0n) is 11.5. The number of hydrogen-bond acceptors (Lipinski definition) is 5. The predicted molar refractivity (Wildman–Crippen MR) is 69.6 cm³/mol. The lowest BCUT2D eigenvalue weighted by atomic mass is 10.0. The summed E-state index contributed by atoms with van der Waals surface area (Å²) in [7, 11) is 1.38. The van der Waals surface area contributed by atoms with Gasteiger partial charge in [0, 0.05) is 32.1 Å². The highest BCUT2D eigenvalue weighted by atomic mass is 16.6. The summed E-state index contributed by atoms with van der Waals surface area (Å²) in [6.07, 6.45) is -0.998. The van der Waals surface area contributed by atoms with Crippen LogP contribution in [-0.4, -0.2) is 52.9 Å². The van der Waals surface area contributed by atoms with Gasteiger partial charge in [0.2, 0.25) is 0 Å². The van der Waals surface area contributed by atoms with Gasteiger partial charge in [-0.15, -0.1) is 0 Å². The Labute approximate surface area is 120 Å². The zero-order valence-corrected chi connectivity index (χ0v) is 11.5. The SMILES string of the molecule is CNC(=O)OC(=O)N1CCc2nn3c(c2C1)C(=O)NCC3. The van der Waals surface area contributed by atoms with E-state index in [0.717, 1.165) is 11.3 Å². The van der Waals surface area contributed by atoms with Gasteiger partial charge in [0.15, 0.2) is 0 Å². The number of amides is 3. The summed E-state index contributed by atoms with van der Waals surface area (Å²) in [6, 6.07) is 0. The smallest absolute Gasteiger partial charge is 0.359 e. The lowest BCUT2D eigenvalue weighted by Gasteiger charge is -2.25. The minimum atomic E-state index is -0.805. The Morgan fingerprint density at radius 2 is 2.19 bits per heavy atom. The molecule has 1 aromatic heterocycles. The van der Waals surface area contributed by atoms with Crippen molar-refractivity contribution in [1.29, 1.82) is 0 Å². The third-order valence-corrected chi connectivity index (χ3v) is 3.57. The molecule has 0 unspecified atom stereocenters. The van der Waals surface area contributed by atoms with Crippen LogP contribution in [0.25, 0.3) is 0 Å². The number of carbonyl (C=O) groups excluding carboxylic acids is 3. The van der Waals surface area contributed by atoms with Crippen LogP contribution in [0.15, 0.2) is 0 Å². The molecule has 3 rings (SSSR count). The minimum absolute atomic E-state index is 0.184. The van der Waals surface area contributed by atoms with Crippen LogP contribution >= 0.6 is 0 Å². The van der Waals surface area contributed by atoms with Crippen LogP contribution in [0.3, 0.4) is 0 Å². The van der Waals surface area contributed by atoms with E-state index in [2.05, 4.69) is 20.5 Å². The molecule has 1 aromatic rings. The van der Waals surface area contributed by atoms with Gasteiger partial charge in [0.1, 0.15) is 5.69 Å². The number of aromatic nitrogens is 2. The van der Waals surface area contributed by atoms with Crippen LogP contribution < -0.4 is 10.6 Å². The first kappa shape index (κ1) is 13.4. The molecule has 112 valence electrons. The monoisotopic (exact) mass is 293 g/mol. The van der Waals surface area contributed by atoms with Gasteiger partial charge < -0.3 is 20.3 Å². The van der Waals surface area contributed by atoms with Gasteiger partial charge >= 0.3 is 12.2 Å². The Morgan fingerprint density at radius 1 is 1.38 bits per heavy atom. The molecule has 3 amide bonds. The van der Waals surface area contributed by atoms with Crippen LogP contribution in [0.1, 0.15) is 21.7 Å². The molecule has 0 bridgehead atoms. The van der Waals surface area contributed by atoms with E-state index >= 15 is 0 Å². The molecule has 0 saturated carbocycles. The summed E-state index contributed by atoms with van der Waals surface area (Å²) in [5.74, 6) is -0.184. The number of carbonyl (C=O) groups is 3. The van der Waals surface area contributed by atoms with Crippen molar-refractivity contribution in [2.75, 3.05) is 20.1 Å². The molecule has 0 radical (unpaired) electrons. The molecule has 0 aromatic carbocycles. The average molecular weight is 293 g/mol. The second-order valence-corrected chi connectivity index (χ2v) is 4.83. The van der Waals surface area contributed by atoms with Gasteiger partial charge in [-0.05, 0) is 0 Å². The highest BCUT2D eigenvalue weighted by Crippen LogP contribution is 2.24. The van der Waals surface area contributed by atoms with Crippen LogP contribution in [0.2, 0.25) is 0 Å². The molecular formula is C12H15N5O4. The summed E-state index contributed by atoms with van der Waals surface area (Å²) < 4.78 is 6.29. The third kappa shape index (κ3) is 2.30. The Bertz CT molecular complexity index is 623. The van der Waals surface area contributed by atoms with Gasteiger partial charge in [-0.1, -0.05) is 0 Å². The Balaban J connectivity index is 1.82. The Hall–Kier alpha value is -2.58. The maximum atomic E-state index is 11.9. The second kappa shape index (κ2) is 5.08. The summed E-state index contributed by atoms with van der Waals surface area (Å²) in [6.45, 7) is 1.79. The molecule has 2 aliphatic rings. The number of alkyl carbamates (subject to hydrolysis) is 1. The van der Waals surface area contributed by atoms with E-state index in [1.54, 1.807) is 4.68 Å². The highest BCUT2D eigenvalue weighted by molar-refractivity contribution is 5.95. The normalized spacial score (nSPS) is 16.6. The maximum absolute atomic E-state index is 11.9. The largest absolute Gasteiger partial charge is 0.419 e. The van der Waals surface area contributed by atoms with E-state index in [1.807, 2.05) is 0 Å². The molecular weight excluding hydrogens is 278 g/mol. The van der Waals surface area contributed by atoms with Crippen LogP contribution in [0.4, 0.5) is 9.59 Å². The fraction of sp³-hybridized carbons (Fsp3) is 0.500.